The SMILES string of the molecule is CC(C#N)(CCc1ccccc1)NCc1ccccc1. The second-order valence-corrected chi connectivity index (χ2v) is 5.27. The quantitative estimate of drug-likeness (QED) is 0.863. The molecule has 0 amide bonds. The highest BCUT2D eigenvalue weighted by Gasteiger charge is 2.22. The van der Waals surface area contributed by atoms with Crippen LogP contribution in [-0.4, -0.2) is 5.54 Å². The van der Waals surface area contributed by atoms with Gasteiger partial charge in [0.25, 0.3) is 0 Å². The van der Waals surface area contributed by atoms with Crippen molar-refractivity contribution in [2.24, 2.45) is 0 Å². The van der Waals surface area contributed by atoms with Crippen molar-refractivity contribution in [1.82, 2.24) is 5.32 Å². The molecule has 0 saturated heterocycles. The third-order valence-electron chi connectivity index (χ3n) is 3.53. The number of nitrogens with zero attached hydrogens (tertiary/aromatic N) is 1. The first-order valence-corrected chi connectivity index (χ1v) is 6.96. The van der Waals surface area contributed by atoms with Gasteiger partial charge in [-0.25, -0.2) is 0 Å². The van der Waals surface area contributed by atoms with Crippen molar-refractivity contribution >= 4 is 0 Å². The van der Waals surface area contributed by atoms with Gasteiger partial charge in [-0.1, -0.05) is 60.7 Å². The normalized spacial score (nSPS) is 13.4. The molecular weight excluding hydrogens is 244 g/mol. The Morgan fingerprint density at radius 1 is 0.950 bits per heavy atom. The number of hydrogen-bond acceptors (Lipinski definition) is 2. The summed E-state index contributed by atoms with van der Waals surface area (Å²) in [5.74, 6) is 0. The molecule has 0 aliphatic rings. The molecule has 2 aromatic carbocycles. The van der Waals surface area contributed by atoms with Gasteiger partial charge >= 0.3 is 0 Å². The Morgan fingerprint density at radius 3 is 2.05 bits per heavy atom. The fourth-order valence-electron chi connectivity index (χ4n) is 2.12. The van der Waals surface area contributed by atoms with Crippen molar-refractivity contribution in [2.75, 3.05) is 0 Å². The van der Waals surface area contributed by atoms with E-state index in [0.29, 0.717) is 0 Å². The van der Waals surface area contributed by atoms with Crippen LogP contribution in [0.5, 0.6) is 0 Å². The van der Waals surface area contributed by atoms with Gasteiger partial charge in [-0.3, -0.25) is 5.32 Å². The van der Waals surface area contributed by atoms with E-state index in [1.807, 2.05) is 43.3 Å². The highest BCUT2D eigenvalue weighted by atomic mass is 15.0. The Hall–Kier alpha value is -2.11. The number of aryl methyl sites for hydroxylation is 1. The molecule has 0 saturated carbocycles. The summed E-state index contributed by atoms with van der Waals surface area (Å²) in [6.07, 6.45) is 1.72. The van der Waals surface area contributed by atoms with E-state index in [1.165, 1.54) is 11.1 Å². The van der Waals surface area contributed by atoms with E-state index < -0.39 is 5.54 Å². The Morgan fingerprint density at radius 2 is 1.50 bits per heavy atom. The molecule has 0 aromatic heterocycles. The van der Waals surface area contributed by atoms with Crippen molar-refractivity contribution in [3.05, 3.63) is 71.8 Å². The van der Waals surface area contributed by atoms with Crippen LogP contribution in [0.1, 0.15) is 24.5 Å². The van der Waals surface area contributed by atoms with Crippen molar-refractivity contribution in [2.45, 2.75) is 31.8 Å². The van der Waals surface area contributed by atoms with E-state index in [-0.39, 0.29) is 0 Å². The van der Waals surface area contributed by atoms with Gasteiger partial charge in [0.05, 0.1) is 6.07 Å². The Bertz CT molecular complexity index is 511. The number of nitrogens with one attached hydrogen (secondary N) is 1. The second-order valence-electron chi connectivity index (χ2n) is 5.27. The monoisotopic (exact) mass is 264 g/mol. The largest absolute Gasteiger partial charge is 0.295 e. The van der Waals surface area contributed by atoms with Crippen LogP contribution in [0.15, 0.2) is 60.7 Å². The standard InChI is InChI=1S/C18H20N2/c1-18(15-19,13-12-16-8-4-2-5-9-16)20-14-17-10-6-3-7-11-17/h2-11,20H,12-14H2,1H3. The van der Waals surface area contributed by atoms with Crippen LogP contribution in [0, 0.1) is 11.3 Å². The molecule has 2 rings (SSSR count). The number of rotatable bonds is 6. The van der Waals surface area contributed by atoms with Gasteiger partial charge in [-0.2, -0.15) is 5.26 Å². The molecule has 1 N–H and O–H groups in total. The maximum atomic E-state index is 9.43. The summed E-state index contributed by atoms with van der Waals surface area (Å²) in [5.41, 5.74) is 1.98. The summed E-state index contributed by atoms with van der Waals surface area (Å²) in [5, 5.41) is 12.8. The molecule has 0 bridgehead atoms. The highest BCUT2D eigenvalue weighted by molar-refractivity contribution is 5.18. The predicted octanol–water partition coefficient (Wildman–Crippen LogP) is 3.69. The molecule has 1 atom stereocenters. The average molecular weight is 264 g/mol. The van der Waals surface area contributed by atoms with E-state index in [2.05, 4.69) is 35.7 Å². The first-order valence-electron chi connectivity index (χ1n) is 6.96. The molecule has 0 aliphatic heterocycles. The lowest BCUT2D eigenvalue weighted by Gasteiger charge is -2.23. The molecule has 0 fully saturated rings. The lowest BCUT2D eigenvalue weighted by molar-refractivity contribution is 0.416. The smallest absolute Gasteiger partial charge is 0.104 e. The second kappa shape index (κ2) is 6.88. The minimum atomic E-state index is -0.494. The Labute approximate surface area is 121 Å². The van der Waals surface area contributed by atoms with Gasteiger partial charge in [0, 0.05) is 6.54 Å². The summed E-state index contributed by atoms with van der Waals surface area (Å²) in [7, 11) is 0. The minimum absolute atomic E-state index is 0.494. The van der Waals surface area contributed by atoms with Crippen LogP contribution in [0.3, 0.4) is 0 Å². The summed E-state index contributed by atoms with van der Waals surface area (Å²) in [4.78, 5) is 0. The zero-order valence-electron chi connectivity index (χ0n) is 11.8. The fourth-order valence-corrected chi connectivity index (χ4v) is 2.12. The fraction of sp³-hybridized carbons (Fsp3) is 0.278. The van der Waals surface area contributed by atoms with Crippen LogP contribution in [0.2, 0.25) is 0 Å². The lowest BCUT2D eigenvalue weighted by Crippen LogP contribution is -2.40. The van der Waals surface area contributed by atoms with Gasteiger partial charge in [0.1, 0.15) is 5.54 Å². The van der Waals surface area contributed by atoms with E-state index in [9.17, 15) is 5.26 Å². The lowest BCUT2D eigenvalue weighted by atomic mass is 9.94. The molecule has 0 aliphatic carbocycles. The van der Waals surface area contributed by atoms with Crippen molar-refractivity contribution < 1.29 is 0 Å². The van der Waals surface area contributed by atoms with Crippen LogP contribution in [0.25, 0.3) is 0 Å². The van der Waals surface area contributed by atoms with E-state index >= 15 is 0 Å². The van der Waals surface area contributed by atoms with Crippen molar-refractivity contribution in [3.8, 4) is 6.07 Å². The Balaban J connectivity index is 1.91. The van der Waals surface area contributed by atoms with Crippen LogP contribution >= 0.6 is 0 Å². The number of benzene rings is 2. The number of nitriles is 1. The third-order valence-corrected chi connectivity index (χ3v) is 3.53. The molecule has 1 unspecified atom stereocenters. The summed E-state index contributed by atoms with van der Waals surface area (Å²) in [6.45, 7) is 2.69. The van der Waals surface area contributed by atoms with E-state index in [0.717, 1.165) is 19.4 Å². The van der Waals surface area contributed by atoms with Crippen LogP contribution in [0.4, 0.5) is 0 Å². The zero-order valence-corrected chi connectivity index (χ0v) is 11.8. The molecule has 0 spiro atoms. The molecular formula is C18H20N2. The van der Waals surface area contributed by atoms with Gasteiger partial charge in [0.15, 0.2) is 0 Å². The minimum Gasteiger partial charge on any atom is -0.295 e. The van der Waals surface area contributed by atoms with Crippen LogP contribution in [-0.2, 0) is 13.0 Å². The summed E-state index contributed by atoms with van der Waals surface area (Å²) < 4.78 is 0. The maximum absolute atomic E-state index is 9.43. The Kier molecular flexibility index (Phi) is 4.92. The molecule has 20 heavy (non-hydrogen) atoms. The van der Waals surface area contributed by atoms with Gasteiger partial charge in [0.2, 0.25) is 0 Å². The van der Waals surface area contributed by atoms with Gasteiger partial charge in [-0.05, 0) is 30.9 Å². The molecule has 0 radical (unpaired) electrons. The van der Waals surface area contributed by atoms with Crippen LogP contribution < -0.4 is 5.32 Å². The molecule has 102 valence electrons. The first kappa shape index (κ1) is 14.3. The summed E-state index contributed by atoms with van der Waals surface area (Å²) in [6, 6.07) is 22.9. The molecule has 2 heteroatoms. The third kappa shape index (κ3) is 4.22. The number of hydrogen-bond donors (Lipinski definition) is 1. The molecule has 0 heterocycles. The molecule has 2 aromatic rings. The maximum Gasteiger partial charge on any atom is 0.104 e. The first-order chi connectivity index (χ1) is 9.72. The molecule has 2 nitrogen and oxygen atoms in total. The topological polar surface area (TPSA) is 35.8 Å². The van der Waals surface area contributed by atoms with Gasteiger partial charge in [-0.15, -0.1) is 0 Å². The van der Waals surface area contributed by atoms with Crippen molar-refractivity contribution in [3.63, 3.8) is 0 Å². The zero-order chi connectivity index (χ0) is 14.3. The van der Waals surface area contributed by atoms with Gasteiger partial charge < -0.3 is 0 Å². The van der Waals surface area contributed by atoms with E-state index in [1.54, 1.807) is 0 Å². The van der Waals surface area contributed by atoms with E-state index in [4.69, 9.17) is 0 Å². The van der Waals surface area contributed by atoms with Crippen molar-refractivity contribution in [1.29, 1.82) is 5.26 Å². The highest BCUT2D eigenvalue weighted by Crippen LogP contribution is 2.14. The predicted molar refractivity (Wildman–Crippen MR) is 82.1 cm³/mol. The summed E-state index contributed by atoms with van der Waals surface area (Å²) >= 11 is 0. The average Bonchev–Trinajstić information content (AvgIpc) is 2.53.